The fraction of sp³-hybridized carbons (Fsp3) is 0.500. The summed E-state index contributed by atoms with van der Waals surface area (Å²) in [6.07, 6.45) is 7.07. The van der Waals surface area contributed by atoms with Crippen LogP contribution in [0, 0.1) is 6.92 Å². The molecule has 1 fully saturated rings. The number of nitrogens with one attached hydrogen (secondary N) is 1. The molecule has 1 aliphatic heterocycles. The van der Waals surface area contributed by atoms with E-state index in [0.717, 1.165) is 38.9 Å². The van der Waals surface area contributed by atoms with Crippen molar-refractivity contribution in [1.82, 2.24) is 9.88 Å². The molecule has 0 saturated carbocycles. The minimum atomic E-state index is 0.293. The summed E-state index contributed by atoms with van der Waals surface area (Å²) in [5, 5.41) is 15.2. The van der Waals surface area contributed by atoms with Crippen LogP contribution >= 0.6 is 0 Å². The molecule has 1 aliphatic rings. The summed E-state index contributed by atoms with van der Waals surface area (Å²) >= 11 is 0. The molecule has 0 spiro atoms. The molecule has 1 saturated heterocycles. The number of benzene rings is 1. The molecule has 0 bridgehead atoms. The highest BCUT2D eigenvalue weighted by Crippen LogP contribution is 2.27. The summed E-state index contributed by atoms with van der Waals surface area (Å²) in [6.45, 7) is 5.66. The van der Waals surface area contributed by atoms with Gasteiger partial charge in [0.2, 0.25) is 0 Å². The Balaban J connectivity index is 1.67. The van der Waals surface area contributed by atoms with Gasteiger partial charge in [0.25, 0.3) is 0 Å². The summed E-state index contributed by atoms with van der Waals surface area (Å²) in [5.41, 5.74) is 2.45. The number of nitrogens with zero attached hydrogens (tertiary/aromatic N) is 2. The molecular weight excluding hydrogens is 274 g/mol. The third-order valence-electron chi connectivity index (χ3n) is 4.55. The average Bonchev–Trinajstić information content (AvgIpc) is 2.54. The van der Waals surface area contributed by atoms with Gasteiger partial charge in [0.05, 0.1) is 0 Å². The van der Waals surface area contributed by atoms with E-state index in [1.165, 1.54) is 22.0 Å². The van der Waals surface area contributed by atoms with Crippen molar-refractivity contribution in [2.45, 2.75) is 32.2 Å². The second kappa shape index (κ2) is 7.07. The van der Waals surface area contributed by atoms with Crippen molar-refractivity contribution < 1.29 is 5.11 Å². The predicted octanol–water partition coefficient (Wildman–Crippen LogP) is 2.80. The Kier molecular flexibility index (Phi) is 4.90. The first-order valence-corrected chi connectivity index (χ1v) is 8.21. The van der Waals surface area contributed by atoms with Crippen LogP contribution in [0.15, 0.2) is 30.6 Å². The van der Waals surface area contributed by atoms with E-state index in [2.05, 4.69) is 40.3 Å². The van der Waals surface area contributed by atoms with Gasteiger partial charge in [0, 0.05) is 61.1 Å². The molecule has 0 amide bonds. The molecule has 0 unspecified atom stereocenters. The molecule has 0 aliphatic carbocycles. The van der Waals surface area contributed by atoms with Crippen molar-refractivity contribution in [3.8, 4) is 0 Å². The highest BCUT2D eigenvalue weighted by Gasteiger charge is 2.19. The van der Waals surface area contributed by atoms with Gasteiger partial charge in [-0.3, -0.25) is 4.98 Å². The second-order valence-electron chi connectivity index (χ2n) is 6.20. The second-order valence-corrected chi connectivity index (χ2v) is 6.20. The number of aliphatic hydroxyl groups excluding tert-OH is 1. The number of likely N-dealkylation sites (tertiary alicyclic amines) is 1. The van der Waals surface area contributed by atoms with E-state index < -0.39 is 0 Å². The zero-order valence-corrected chi connectivity index (χ0v) is 13.3. The lowest BCUT2D eigenvalue weighted by Crippen LogP contribution is -2.39. The van der Waals surface area contributed by atoms with E-state index >= 15 is 0 Å². The van der Waals surface area contributed by atoms with Gasteiger partial charge in [-0.25, -0.2) is 0 Å². The SMILES string of the molecule is Cc1cncc2cccc(NC3CCN(CCCO)CC3)c12. The van der Waals surface area contributed by atoms with E-state index in [0.29, 0.717) is 12.6 Å². The number of fused-ring (bicyclic) bond motifs is 1. The molecule has 0 radical (unpaired) electrons. The molecule has 2 aromatic rings. The van der Waals surface area contributed by atoms with Crippen LogP contribution in [0.5, 0.6) is 0 Å². The molecule has 0 atom stereocenters. The van der Waals surface area contributed by atoms with E-state index in [1.807, 2.05) is 12.4 Å². The smallest absolute Gasteiger partial charge is 0.0443 e. The van der Waals surface area contributed by atoms with Crippen molar-refractivity contribution in [2.75, 3.05) is 31.6 Å². The maximum Gasteiger partial charge on any atom is 0.0443 e. The Morgan fingerprint density at radius 2 is 2.09 bits per heavy atom. The lowest BCUT2D eigenvalue weighted by molar-refractivity contribution is 0.192. The number of pyridine rings is 1. The molecule has 4 heteroatoms. The predicted molar refractivity (Wildman–Crippen MR) is 91.3 cm³/mol. The molecule has 118 valence electrons. The Labute approximate surface area is 132 Å². The van der Waals surface area contributed by atoms with Gasteiger partial charge in [0.1, 0.15) is 0 Å². The molecule has 2 heterocycles. The average molecular weight is 299 g/mol. The number of piperidine rings is 1. The maximum atomic E-state index is 8.93. The Morgan fingerprint density at radius 3 is 2.86 bits per heavy atom. The van der Waals surface area contributed by atoms with Crippen molar-refractivity contribution in [3.63, 3.8) is 0 Å². The zero-order chi connectivity index (χ0) is 15.4. The number of aliphatic hydroxyl groups is 1. The lowest BCUT2D eigenvalue weighted by Gasteiger charge is -2.33. The quantitative estimate of drug-likeness (QED) is 0.891. The monoisotopic (exact) mass is 299 g/mol. The lowest BCUT2D eigenvalue weighted by atomic mass is 10.0. The van der Waals surface area contributed by atoms with E-state index in [4.69, 9.17) is 5.11 Å². The topological polar surface area (TPSA) is 48.4 Å². The number of hydrogen-bond acceptors (Lipinski definition) is 4. The Bertz CT molecular complexity index is 616. The van der Waals surface area contributed by atoms with Crippen molar-refractivity contribution in [2.24, 2.45) is 0 Å². The zero-order valence-electron chi connectivity index (χ0n) is 13.3. The van der Waals surface area contributed by atoms with Gasteiger partial charge in [-0.1, -0.05) is 12.1 Å². The molecule has 3 rings (SSSR count). The molecule has 1 aromatic carbocycles. The van der Waals surface area contributed by atoms with Gasteiger partial charge in [-0.05, 0) is 37.8 Å². The third kappa shape index (κ3) is 3.39. The van der Waals surface area contributed by atoms with Gasteiger partial charge < -0.3 is 15.3 Å². The number of aromatic nitrogens is 1. The standard InChI is InChI=1S/C18H25N3O/c1-14-12-19-13-15-4-2-5-17(18(14)15)20-16-6-9-21(10-7-16)8-3-11-22/h2,4-5,12-13,16,20,22H,3,6-11H2,1H3. The molecule has 2 N–H and O–H groups in total. The van der Waals surface area contributed by atoms with Crippen LogP contribution in [-0.2, 0) is 0 Å². The summed E-state index contributed by atoms with van der Waals surface area (Å²) in [6, 6.07) is 6.93. The molecule has 22 heavy (non-hydrogen) atoms. The van der Waals surface area contributed by atoms with Crippen LogP contribution in [0.25, 0.3) is 10.8 Å². The summed E-state index contributed by atoms with van der Waals surface area (Å²) < 4.78 is 0. The molecular formula is C18H25N3O. The minimum Gasteiger partial charge on any atom is -0.396 e. The van der Waals surface area contributed by atoms with E-state index in [1.54, 1.807) is 0 Å². The first-order chi connectivity index (χ1) is 10.8. The summed E-state index contributed by atoms with van der Waals surface area (Å²) in [5.74, 6) is 0. The van der Waals surface area contributed by atoms with Crippen LogP contribution in [0.4, 0.5) is 5.69 Å². The normalized spacial score (nSPS) is 17.0. The van der Waals surface area contributed by atoms with Crippen molar-refractivity contribution >= 4 is 16.5 Å². The summed E-state index contributed by atoms with van der Waals surface area (Å²) in [4.78, 5) is 6.74. The van der Waals surface area contributed by atoms with Crippen LogP contribution in [0.2, 0.25) is 0 Å². The van der Waals surface area contributed by atoms with Gasteiger partial charge in [0.15, 0.2) is 0 Å². The van der Waals surface area contributed by atoms with Crippen LogP contribution in [-0.4, -0.2) is 47.3 Å². The summed E-state index contributed by atoms with van der Waals surface area (Å²) in [7, 11) is 0. The number of hydrogen-bond donors (Lipinski definition) is 2. The fourth-order valence-electron chi connectivity index (χ4n) is 3.35. The molecule has 4 nitrogen and oxygen atoms in total. The Hall–Kier alpha value is -1.65. The van der Waals surface area contributed by atoms with Crippen LogP contribution < -0.4 is 5.32 Å². The first-order valence-electron chi connectivity index (χ1n) is 8.21. The van der Waals surface area contributed by atoms with E-state index in [9.17, 15) is 0 Å². The third-order valence-corrected chi connectivity index (χ3v) is 4.55. The minimum absolute atomic E-state index is 0.293. The van der Waals surface area contributed by atoms with Gasteiger partial charge in [-0.2, -0.15) is 0 Å². The van der Waals surface area contributed by atoms with Crippen molar-refractivity contribution in [3.05, 3.63) is 36.2 Å². The highest BCUT2D eigenvalue weighted by atomic mass is 16.3. The van der Waals surface area contributed by atoms with Gasteiger partial charge >= 0.3 is 0 Å². The number of anilines is 1. The molecule has 1 aromatic heterocycles. The van der Waals surface area contributed by atoms with Crippen molar-refractivity contribution in [1.29, 1.82) is 0 Å². The van der Waals surface area contributed by atoms with Gasteiger partial charge in [-0.15, -0.1) is 0 Å². The highest BCUT2D eigenvalue weighted by molar-refractivity contribution is 5.95. The first kappa shape index (κ1) is 15.3. The largest absolute Gasteiger partial charge is 0.396 e. The fourth-order valence-corrected chi connectivity index (χ4v) is 3.35. The number of aryl methyl sites for hydroxylation is 1. The Morgan fingerprint density at radius 1 is 1.27 bits per heavy atom. The van der Waals surface area contributed by atoms with E-state index in [-0.39, 0.29) is 0 Å². The van der Waals surface area contributed by atoms with Crippen LogP contribution in [0.1, 0.15) is 24.8 Å². The van der Waals surface area contributed by atoms with Crippen LogP contribution in [0.3, 0.4) is 0 Å². The number of rotatable bonds is 5. The maximum absolute atomic E-state index is 8.93.